The Hall–Kier alpha value is -2.12. The molecule has 0 saturated carbocycles. The molecule has 0 radical (unpaired) electrons. The third kappa shape index (κ3) is 4.11. The van der Waals surface area contributed by atoms with E-state index in [2.05, 4.69) is 10.3 Å². The van der Waals surface area contributed by atoms with Gasteiger partial charge in [-0.2, -0.15) is 0 Å². The Bertz CT molecular complexity index is 945. The Morgan fingerprint density at radius 3 is 2.76 bits per heavy atom. The molecule has 0 unspecified atom stereocenters. The Balaban J connectivity index is 1.75. The maximum Gasteiger partial charge on any atom is 0.272 e. The van der Waals surface area contributed by atoms with Gasteiger partial charge in [0.2, 0.25) is 5.91 Å². The second-order valence-electron chi connectivity index (χ2n) is 5.69. The zero-order valence-electron chi connectivity index (χ0n) is 14.1. The predicted octanol–water partition coefficient (Wildman–Crippen LogP) is 3.91. The molecule has 2 aromatic heterocycles. The largest absolute Gasteiger partial charge is 0.325 e. The summed E-state index contributed by atoms with van der Waals surface area (Å²) in [6, 6.07) is 9.50. The monoisotopic (exact) mass is 373 g/mol. The molecule has 1 N–H and O–H groups in total. The zero-order valence-corrected chi connectivity index (χ0v) is 15.7. The second-order valence-corrected chi connectivity index (χ2v) is 7.55. The number of anilines is 1. The van der Waals surface area contributed by atoms with Crippen LogP contribution in [-0.4, -0.2) is 21.2 Å². The molecule has 0 aliphatic carbocycles. The van der Waals surface area contributed by atoms with Gasteiger partial charge in [-0.05, 0) is 36.9 Å². The lowest BCUT2D eigenvalue weighted by molar-refractivity contribution is -0.113. The Kier molecular flexibility index (Phi) is 5.55. The quantitative estimate of drug-likeness (QED) is 0.526. The van der Waals surface area contributed by atoms with Crippen molar-refractivity contribution < 1.29 is 4.79 Å². The van der Waals surface area contributed by atoms with Crippen LogP contribution in [0.1, 0.15) is 18.9 Å². The maximum atomic E-state index is 12.6. The van der Waals surface area contributed by atoms with Crippen LogP contribution in [0, 0.1) is 6.92 Å². The molecule has 5 nitrogen and oxygen atoms in total. The number of benzene rings is 1. The van der Waals surface area contributed by atoms with E-state index in [9.17, 15) is 9.59 Å². The average molecular weight is 374 g/mol. The van der Waals surface area contributed by atoms with Crippen LogP contribution in [0.4, 0.5) is 5.69 Å². The van der Waals surface area contributed by atoms with Crippen LogP contribution in [0.2, 0.25) is 0 Å². The Labute approximate surface area is 154 Å². The third-order valence-corrected chi connectivity index (χ3v) is 5.51. The number of carbonyl (C=O) groups is 1. The molecule has 1 amide bonds. The number of hydrogen-bond acceptors (Lipinski definition) is 5. The molecule has 0 aliphatic heterocycles. The van der Waals surface area contributed by atoms with Gasteiger partial charge in [0, 0.05) is 12.2 Å². The number of nitrogens with one attached hydrogen (secondary N) is 1. The van der Waals surface area contributed by atoms with Crippen LogP contribution >= 0.6 is 23.1 Å². The number of thiophene rings is 1. The molecule has 0 atom stereocenters. The van der Waals surface area contributed by atoms with E-state index in [1.807, 2.05) is 49.6 Å². The first-order chi connectivity index (χ1) is 12.1. The highest BCUT2D eigenvalue weighted by Crippen LogP contribution is 2.21. The molecule has 0 fully saturated rings. The molecule has 0 spiro atoms. The number of rotatable bonds is 6. The first kappa shape index (κ1) is 17.7. The van der Waals surface area contributed by atoms with E-state index in [1.165, 1.54) is 23.1 Å². The lowest BCUT2D eigenvalue weighted by Crippen LogP contribution is -2.23. The van der Waals surface area contributed by atoms with Gasteiger partial charge in [-0.25, -0.2) is 4.98 Å². The highest BCUT2D eigenvalue weighted by Gasteiger charge is 2.13. The number of hydrogen-bond donors (Lipinski definition) is 1. The number of nitrogens with zero attached hydrogens (tertiary/aromatic N) is 2. The number of aromatic nitrogens is 2. The molecule has 3 rings (SSSR count). The van der Waals surface area contributed by atoms with Gasteiger partial charge >= 0.3 is 0 Å². The summed E-state index contributed by atoms with van der Waals surface area (Å²) >= 11 is 2.70. The van der Waals surface area contributed by atoms with Crippen LogP contribution in [0.3, 0.4) is 0 Å². The number of amides is 1. The standard InChI is InChI=1S/C18H19N3O2S2/c1-3-9-21-17(23)16-14(8-10-24-16)20-18(21)25-11-15(22)19-13-6-4-12(2)5-7-13/h4-8,10H,3,9,11H2,1-2H3,(H,19,22). The average Bonchev–Trinajstić information content (AvgIpc) is 3.07. The third-order valence-electron chi connectivity index (χ3n) is 3.65. The summed E-state index contributed by atoms with van der Waals surface area (Å²) in [4.78, 5) is 29.3. The van der Waals surface area contributed by atoms with E-state index in [-0.39, 0.29) is 17.2 Å². The van der Waals surface area contributed by atoms with Crippen LogP contribution in [0.15, 0.2) is 45.7 Å². The highest BCUT2D eigenvalue weighted by molar-refractivity contribution is 7.99. The maximum absolute atomic E-state index is 12.6. The smallest absolute Gasteiger partial charge is 0.272 e. The Morgan fingerprint density at radius 2 is 2.04 bits per heavy atom. The molecule has 3 aromatic rings. The van der Waals surface area contributed by atoms with Gasteiger partial charge in [0.1, 0.15) is 4.70 Å². The van der Waals surface area contributed by atoms with Crippen molar-refractivity contribution in [2.75, 3.05) is 11.1 Å². The number of carbonyl (C=O) groups excluding carboxylic acids is 1. The lowest BCUT2D eigenvalue weighted by Gasteiger charge is -2.11. The fourth-order valence-electron chi connectivity index (χ4n) is 2.42. The van der Waals surface area contributed by atoms with E-state index in [0.717, 1.165) is 17.7 Å². The summed E-state index contributed by atoms with van der Waals surface area (Å²) in [6.45, 7) is 4.62. The first-order valence-corrected chi connectivity index (χ1v) is 9.92. The molecule has 25 heavy (non-hydrogen) atoms. The van der Waals surface area contributed by atoms with Crippen molar-refractivity contribution in [3.05, 3.63) is 51.6 Å². The lowest BCUT2D eigenvalue weighted by atomic mass is 10.2. The van der Waals surface area contributed by atoms with Crippen molar-refractivity contribution in [1.82, 2.24) is 9.55 Å². The van der Waals surface area contributed by atoms with Crippen LogP contribution in [-0.2, 0) is 11.3 Å². The van der Waals surface area contributed by atoms with Gasteiger partial charge in [-0.3, -0.25) is 14.2 Å². The molecule has 0 saturated heterocycles. The van der Waals surface area contributed by atoms with Gasteiger partial charge in [0.25, 0.3) is 5.56 Å². The summed E-state index contributed by atoms with van der Waals surface area (Å²) in [7, 11) is 0. The van der Waals surface area contributed by atoms with Crippen LogP contribution in [0.5, 0.6) is 0 Å². The molecule has 7 heteroatoms. The molecule has 130 valence electrons. The van der Waals surface area contributed by atoms with Gasteiger partial charge in [0.05, 0.1) is 11.3 Å². The van der Waals surface area contributed by atoms with E-state index in [4.69, 9.17) is 0 Å². The SMILES string of the molecule is CCCn1c(SCC(=O)Nc2ccc(C)cc2)nc2ccsc2c1=O. The minimum Gasteiger partial charge on any atom is -0.325 e. The van der Waals surface area contributed by atoms with Crippen molar-refractivity contribution in [2.24, 2.45) is 0 Å². The minimum absolute atomic E-state index is 0.0247. The van der Waals surface area contributed by atoms with Gasteiger partial charge in [-0.15, -0.1) is 11.3 Å². The van der Waals surface area contributed by atoms with Crippen molar-refractivity contribution >= 4 is 44.9 Å². The van der Waals surface area contributed by atoms with Gasteiger partial charge in [-0.1, -0.05) is 36.4 Å². The van der Waals surface area contributed by atoms with Gasteiger partial charge < -0.3 is 5.32 Å². The van der Waals surface area contributed by atoms with E-state index < -0.39 is 0 Å². The molecule has 0 bridgehead atoms. The molecular formula is C18H19N3O2S2. The fraction of sp³-hybridized carbons (Fsp3) is 0.278. The molecule has 2 heterocycles. The highest BCUT2D eigenvalue weighted by atomic mass is 32.2. The van der Waals surface area contributed by atoms with E-state index >= 15 is 0 Å². The van der Waals surface area contributed by atoms with Crippen molar-refractivity contribution in [3.8, 4) is 0 Å². The fourth-order valence-corrected chi connectivity index (χ4v) is 4.02. The van der Waals surface area contributed by atoms with Crippen molar-refractivity contribution in [1.29, 1.82) is 0 Å². The second kappa shape index (κ2) is 7.84. The summed E-state index contributed by atoms with van der Waals surface area (Å²) in [5.41, 5.74) is 2.58. The molecule has 0 aliphatic rings. The number of aryl methyl sites for hydroxylation is 1. The summed E-state index contributed by atoms with van der Waals surface area (Å²) in [5, 5.41) is 5.33. The molecule has 1 aromatic carbocycles. The van der Waals surface area contributed by atoms with E-state index in [1.54, 1.807) is 4.57 Å². The summed E-state index contributed by atoms with van der Waals surface area (Å²) in [5.74, 6) is 0.0937. The summed E-state index contributed by atoms with van der Waals surface area (Å²) < 4.78 is 2.34. The normalized spacial score (nSPS) is 11.0. The van der Waals surface area contributed by atoms with Crippen molar-refractivity contribution in [2.45, 2.75) is 32.0 Å². The minimum atomic E-state index is -0.114. The summed E-state index contributed by atoms with van der Waals surface area (Å²) in [6.07, 6.45) is 0.835. The first-order valence-electron chi connectivity index (χ1n) is 8.06. The number of fused-ring (bicyclic) bond motifs is 1. The van der Waals surface area contributed by atoms with Crippen molar-refractivity contribution in [3.63, 3.8) is 0 Å². The van der Waals surface area contributed by atoms with E-state index in [0.29, 0.717) is 21.9 Å². The van der Waals surface area contributed by atoms with Crippen LogP contribution < -0.4 is 10.9 Å². The Morgan fingerprint density at radius 1 is 1.28 bits per heavy atom. The molecular weight excluding hydrogens is 354 g/mol. The topological polar surface area (TPSA) is 64.0 Å². The zero-order chi connectivity index (χ0) is 17.8. The van der Waals surface area contributed by atoms with Gasteiger partial charge in [0.15, 0.2) is 5.16 Å². The van der Waals surface area contributed by atoms with Crippen LogP contribution in [0.25, 0.3) is 10.2 Å². The predicted molar refractivity (Wildman–Crippen MR) is 105 cm³/mol. The number of thioether (sulfide) groups is 1.